The number of hydrogen-bond acceptors (Lipinski definition) is 11. The molecule has 0 bridgehead atoms. The summed E-state index contributed by atoms with van der Waals surface area (Å²) in [7, 11) is 1.45. The summed E-state index contributed by atoms with van der Waals surface area (Å²) >= 11 is 2.06. The number of methoxy groups -OCH3 is 1. The lowest BCUT2D eigenvalue weighted by Gasteiger charge is -2.37. The first-order valence-corrected chi connectivity index (χ1v) is 13.5. The zero-order chi connectivity index (χ0) is 27.7. The van der Waals surface area contributed by atoms with Crippen LogP contribution in [-0.2, 0) is 10.3 Å². The van der Waals surface area contributed by atoms with Crippen molar-refractivity contribution in [2.24, 2.45) is 0 Å². The number of nitrogens with zero attached hydrogens (tertiary/aromatic N) is 5. The minimum Gasteiger partial charge on any atom is -0.495 e. The van der Waals surface area contributed by atoms with Gasteiger partial charge in [-0.25, -0.2) is 33.5 Å². The monoisotopic (exact) mass is 567 g/mol. The first-order valence-electron chi connectivity index (χ1n) is 11.7. The van der Waals surface area contributed by atoms with Crippen LogP contribution in [0.2, 0.25) is 0 Å². The number of aliphatic hydroxyl groups is 1. The predicted molar refractivity (Wildman–Crippen MR) is 137 cm³/mol. The number of Topliss-reactive ketones (excluding diaryl/α,β-unsaturated/α-hetero) is 1. The molecule has 4 rings (SSSR count). The Bertz CT molecular complexity index is 1340. The van der Waals surface area contributed by atoms with Gasteiger partial charge in [-0.15, -0.1) is 11.3 Å². The van der Waals surface area contributed by atoms with Crippen molar-refractivity contribution in [2.45, 2.75) is 56.3 Å². The Kier molecular flexibility index (Phi) is 8.14. The fourth-order valence-electron chi connectivity index (χ4n) is 3.72. The molecule has 4 heterocycles. The maximum absolute atomic E-state index is 13.3. The predicted octanol–water partition coefficient (Wildman–Crippen LogP) is 4.62. The summed E-state index contributed by atoms with van der Waals surface area (Å²) in [4.78, 5) is 43.2. The highest BCUT2D eigenvalue weighted by atomic mass is 32.2. The first kappa shape index (κ1) is 28.0. The number of thiazole rings is 1. The van der Waals surface area contributed by atoms with Gasteiger partial charge >= 0.3 is 6.09 Å². The number of rotatable bonds is 7. The highest BCUT2D eigenvalue weighted by molar-refractivity contribution is 8.00. The molecule has 0 saturated carbocycles. The summed E-state index contributed by atoms with van der Waals surface area (Å²) in [5.41, 5.74) is -1.81. The van der Waals surface area contributed by atoms with Gasteiger partial charge in [0.05, 0.1) is 29.3 Å². The van der Waals surface area contributed by atoms with Crippen LogP contribution in [0.4, 0.5) is 13.6 Å². The van der Waals surface area contributed by atoms with Crippen molar-refractivity contribution in [3.63, 3.8) is 0 Å². The molecule has 1 N–H and O–H groups in total. The molecule has 10 nitrogen and oxygen atoms in total. The average molecular weight is 568 g/mol. The quantitative estimate of drug-likeness (QED) is 0.245. The molecule has 1 aliphatic rings. The summed E-state index contributed by atoms with van der Waals surface area (Å²) in [6, 6.07) is 1.58. The van der Waals surface area contributed by atoms with Crippen LogP contribution in [0.1, 0.15) is 60.5 Å². The van der Waals surface area contributed by atoms with Gasteiger partial charge in [0.25, 0.3) is 6.43 Å². The van der Waals surface area contributed by atoms with Crippen molar-refractivity contribution in [3.8, 4) is 5.75 Å². The molecule has 1 fully saturated rings. The topological polar surface area (TPSA) is 128 Å². The number of carbonyl (C=O) groups is 2. The molecule has 1 aliphatic heterocycles. The van der Waals surface area contributed by atoms with Crippen molar-refractivity contribution in [2.75, 3.05) is 26.0 Å². The van der Waals surface area contributed by atoms with E-state index in [2.05, 4.69) is 19.9 Å². The van der Waals surface area contributed by atoms with E-state index in [1.807, 2.05) is 0 Å². The van der Waals surface area contributed by atoms with Crippen LogP contribution in [0.3, 0.4) is 0 Å². The molecule has 14 heteroatoms. The lowest BCUT2D eigenvalue weighted by Crippen LogP contribution is -2.46. The molecule has 1 amide bonds. The lowest BCUT2D eigenvalue weighted by atomic mass is 9.92. The van der Waals surface area contributed by atoms with Gasteiger partial charge in [-0.05, 0) is 26.8 Å². The summed E-state index contributed by atoms with van der Waals surface area (Å²) in [5, 5.41) is 12.1. The van der Waals surface area contributed by atoms with Crippen molar-refractivity contribution >= 4 is 46.0 Å². The van der Waals surface area contributed by atoms with E-state index in [9.17, 15) is 23.5 Å². The van der Waals surface area contributed by atoms with Crippen LogP contribution in [0.5, 0.6) is 5.75 Å². The molecule has 3 aromatic rings. The number of amides is 1. The molecule has 38 heavy (non-hydrogen) atoms. The van der Waals surface area contributed by atoms with Crippen molar-refractivity contribution in [3.05, 3.63) is 34.2 Å². The molecular formula is C24H27F2N5O5S2. The third-order valence-corrected chi connectivity index (χ3v) is 7.92. The van der Waals surface area contributed by atoms with E-state index in [0.717, 1.165) is 23.1 Å². The fourth-order valence-corrected chi connectivity index (χ4v) is 5.70. The number of pyridine rings is 1. The van der Waals surface area contributed by atoms with Gasteiger partial charge in [0.2, 0.25) is 0 Å². The van der Waals surface area contributed by atoms with Gasteiger partial charge in [-0.3, -0.25) is 4.79 Å². The van der Waals surface area contributed by atoms with Crippen molar-refractivity contribution < 1.29 is 33.0 Å². The fraction of sp³-hybridized carbons (Fsp3) is 0.500. The number of piperidine rings is 1. The minimum atomic E-state index is -2.90. The number of halogens is 2. The van der Waals surface area contributed by atoms with E-state index in [1.165, 1.54) is 19.5 Å². The molecule has 3 aromatic heterocycles. The van der Waals surface area contributed by atoms with Crippen LogP contribution < -0.4 is 4.74 Å². The molecule has 0 aromatic carbocycles. The normalized spacial score (nSPS) is 15.6. The van der Waals surface area contributed by atoms with E-state index < -0.39 is 29.5 Å². The second kappa shape index (κ2) is 11.0. The molecule has 1 saturated heterocycles. The van der Waals surface area contributed by atoms with Crippen LogP contribution in [0, 0.1) is 0 Å². The number of ether oxygens (including phenoxy) is 2. The van der Waals surface area contributed by atoms with Gasteiger partial charge in [-0.2, -0.15) is 0 Å². The molecular weight excluding hydrogens is 540 g/mol. The zero-order valence-corrected chi connectivity index (χ0v) is 22.9. The summed E-state index contributed by atoms with van der Waals surface area (Å²) in [6.45, 7) is 5.94. The molecule has 0 spiro atoms. The molecule has 204 valence electrons. The Hall–Kier alpha value is -2.97. The summed E-state index contributed by atoms with van der Waals surface area (Å²) in [5.74, 6) is -0.671. The standard InChI is InChI=1S/C24H27F2N5O5S2/c1-23(2,3)36-22(33)31-7-5-24(34,6-8-31)21-28-11-16(38-21)15(32)12-37-20-14-9-13(35-4)10-27-18(14)29-19(30-20)17(25)26/h9-11,17,34H,5-8,12H2,1-4H3. The van der Waals surface area contributed by atoms with Crippen molar-refractivity contribution in [1.82, 2.24) is 24.8 Å². The van der Waals surface area contributed by atoms with Crippen LogP contribution >= 0.6 is 23.1 Å². The molecule has 0 unspecified atom stereocenters. The number of carbonyl (C=O) groups excluding carboxylic acids is 2. The Labute approximate surface area is 225 Å². The Morgan fingerprint density at radius 1 is 1.21 bits per heavy atom. The van der Waals surface area contributed by atoms with Gasteiger partial charge in [0.1, 0.15) is 27.0 Å². The van der Waals surface area contributed by atoms with E-state index in [4.69, 9.17) is 9.47 Å². The van der Waals surface area contributed by atoms with Crippen molar-refractivity contribution in [1.29, 1.82) is 0 Å². The number of hydrogen-bond donors (Lipinski definition) is 1. The Balaban J connectivity index is 1.44. The summed E-state index contributed by atoms with van der Waals surface area (Å²) in [6.07, 6.45) is -0.0720. The Morgan fingerprint density at radius 3 is 2.55 bits per heavy atom. The number of likely N-dealkylation sites (tertiary alicyclic amines) is 1. The lowest BCUT2D eigenvalue weighted by molar-refractivity contribution is -0.0357. The van der Waals surface area contributed by atoms with E-state index in [-0.39, 0.29) is 48.1 Å². The third kappa shape index (κ3) is 6.35. The molecule has 0 atom stereocenters. The average Bonchev–Trinajstić information content (AvgIpc) is 3.37. The van der Waals surface area contributed by atoms with Gasteiger partial charge < -0.3 is 19.5 Å². The van der Waals surface area contributed by atoms with Crippen LogP contribution in [0.25, 0.3) is 11.0 Å². The van der Waals surface area contributed by atoms with Gasteiger partial charge in [0.15, 0.2) is 17.3 Å². The van der Waals surface area contributed by atoms with E-state index in [1.54, 1.807) is 31.7 Å². The van der Waals surface area contributed by atoms with Gasteiger partial charge in [-0.1, -0.05) is 11.8 Å². The smallest absolute Gasteiger partial charge is 0.410 e. The number of aromatic nitrogens is 4. The maximum atomic E-state index is 13.3. The third-order valence-electron chi connectivity index (χ3n) is 5.70. The molecule has 0 aliphatic carbocycles. The SMILES string of the molecule is COc1cnc2nc(C(F)F)nc(SCC(=O)c3cnc(C4(O)CCN(C(=O)OC(C)(C)C)CC4)s3)c2c1. The van der Waals surface area contributed by atoms with E-state index >= 15 is 0 Å². The highest BCUT2D eigenvalue weighted by Crippen LogP contribution is 2.36. The number of thioether (sulfide) groups is 1. The Morgan fingerprint density at radius 2 is 1.92 bits per heavy atom. The van der Waals surface area contributed by atoms with Crippen LogP contribution in [0.15, 0.2) is 23.5 Å². The molecule has 0 radical (unpaired) electrons. The van der Waals surface area contributed by atoms with Gasteiger partial charge in [0, 0.05) is 32.1 Å². The largest absolute Gasteiger partial charge is 0.495 e. The highest BCUT2D eigenvalue weighted by Gasteiger charge is 2.39. The first-order chi connectivity index (χ1) is 17.9. The van der Waals surface area contributed by atoms with Crippen LogP contribution in [-0.4, -0.2) is 73.4 Å². The number of alkyl halides is 2. The summed E-state index contributed by atoms with van der Waals surface area (Å²) < 4.78 is 37.2. The number of ketones is 1. The van der Waals surface area contributed by atoms with E-state index in [0.29, 0.717) is 21.0 Å². The second-order valence-corrected chi connectivity index (χ2v) is 11.7. The maximum Gasteiger partial charge on any atom is 0.410 e. The number of fused-ring (bicyclic) bond motifs is 1. The minimum absolute atomic E-state index is 0.0751. The zero-order valence-electron chi connectivity index (χ0n) is 21.2. The second-order valence-electron chi connectivity index (χ2n) is 9.67.